The molecule has 136 valence electrons. The summed E-state index contributed by atoms with van der Waals surface area (Å²) in [7, 11) is 0. The number of hydrogen-bond donors (Lipinski definition) is 0. The summed E-state index contributed by atoms with van der Waals surface area (Å²) < 4.78 is 16.9. The average Bonchev–Trinajstić information content (AvgIpc) is 2.63. The molecular weight excluding hydrogens is 306 g/mol. The summed E-state index contributed by atoms with van der Waals surface area (Å²) in [5.74, 6) is 0.270. The highest BCUT2D eigenvalue weighted by Gasteiger charge is 2.46. The Morgan fingerprint density at radius 3 is 2.38 bits per heavy atom. The van der Waals surface area contributed by atoms with E-state index >= 15 is 0 Å². The van der Waals surface area contributed by atoms with Crippen molar-refractivity contribution in [2.24, 2.45) is 11.3 Å². The normalized spacial score (nSPS) is 33.6. The Kier molecular flexibility index (Phi) is 7.51. The van der Waals surface area contributed by atoms with Crippen LogP contribution in [0.15, 0.2) is 0 Å². The van der Waals surface area contributed by atoms with Crippen LogP contribution in [-0.4, -0.2) is 31.6 Å². The zero-order valence-electron chi connectivity index (χ0n) is 15.1. The van der Waals surface area contributed by atoms with Crippen molar-refractivity contribution in [1.29, 1.82) is 5.26 Å². The van der Waals surface area contributed by atoms with Gasteiger partial charge < -0.3 is 14.2 Å². The lowest BCUT2D eigenvalue weighted by Gasteiger charge is -2.35. The highest BCUT2D eigenvalue weighted by atomic mass is 16.7. The van der Waals surface area contributed by atoms with Crippen LogP contribution in [0, 0.1) is 22.7 Å². The molecular formula is C19H31NO4. The van der Waals surface area contributed by atoms with Gasteiger partial charge in [-0.1, -0.05) is 33.1 Å². The van der Waals surface area contributed by atoms with Crippen molar-refractivity contribution in [3.63, 3.8) is 0 Å². The molecule has 0 N–H and O–H groups in total. The number of carbonyl (C=O) groups is 1. The molecule has 0 bridgehead atoms. The van der Waals surface area contributed by atoms with Crippen molar-refractivity contribution in [1.82, 2.24) is 0 Å². The van der Waals surface area contributed by atoms with Gasteiger partial charge in [0.1, 0.15) is 6.10 Å². The minimum atomic E-state index is -1.30. The lowest BCUT2D eigenvalue weighted by atomic mass is 9.85. The predicted molar refractivity (Wildman–Crippen MR) is 90.0 cm³/mol. The first-order chi connectivity index (χ1) is 11.6. The van der Waals surface area contributed by atoms with E-state index in [9.17, 15) is 10.1 Å². The van der Waals surface area contributed by atoms with Gasteiger partial charge in [-0.25, -0.2) is 0 Å². The fourth-order valence-electron chi connectivity index (χ4n) is 3.44. The Hall–Kier alpha value is -1.12. The van der Waals surface area contributed by atoms with Crippen LogP contribution in [0.3, 0.4) is 0 Å². The number of ether oxygens (including phenoxy) is 3. The van der Waals surface area contributed by atoms with Crippen LogP contribution in [0.4, 0.5) is 0 Å². The molecule has 5 heteroatoms. The highest BCUT2D eigenvalue weighted by molar-refractivity contribution is 5.80. The molecule has 0 aromatic carbocycles. The zero-order chi connectivity index (χ0) is 17.4. The summed E-state index contributed by atoms with van der Waals surface area (Å²) in [6, 6.07) is 2.09. The Balaban J connectivity index is 1.80. The number of nitrogens with zero attached hydrogens (tertiary/aromatic N) is 1. The third kappa shape index (κ3) is 4.94. The fraction of sp³-hybridized carbons (Fsp3) is 0.895. The first-order valence-corrected chi connectivity index (χ1v) is 9.49. The van der Waals surface area contributed by atoms with Gasteiger partial charge in [-0.2, -0.15) is 5.26 Å². The molecule has 0 unspecified atom stereocenters. The smallest absolute Gasteiger partial charge is 0.331 e. The maximum atomic E-state index is 12.5. The summed E-state index contributed by atoms with van der Waals surface area (Å²) in [6.45, 7) is 4.50. The molecule has 5 nitrogen and oxygen atoms in total. The van der Waals surface area contributed by atoms with E-state index in [-0.39, 0.29) is 25.6 Å². The Bertz CT molecular complexity index is 429. The van der Waals surface area contributed by atoms with Gasteiger partial charge in [-0.3, -0.25) is 4.79 Å². The van der Waals surface area contributed by atoms with E-state index in [2.05, 4.69) is 19.9 Å². The number of hydrogen-bond acceptors (Lipinski definition) is 5. The predicted octanol–water partition coefficient (Wildman–Crippen LogP) is 3.96. The van der Waals surface area contributed by atoms with Crippen molar-refractivity contribution in [3.8, 4) is 6.07 Å². The maximum absolute atomic E-state index is 12.5. The van der Waals surface area contributed by atoms with Crippen LogP contribution in [0.1, 0.15) is 71.6 Å². The second-order valence-electron chi connectivity index (χ2n) is 7.20. The number of carbonyl (C=O) groups excluding carboxylic acids is 1. The lowest BCUT2D eigenvalue weighted by molar-refractivity contribution is -0.228. The van der Waals surface area contributed by atoms with E-state index < -0.39 is 11.4 Å². The molecule has 0 radical (unpaired) electrons. The average molecular weight is 337 g/mol. The minimum absolute atomic E-state index is 0.0622. The molecule has 1 saturated heterocycles. The van der Waals surface area contributed by atoms with Gasteiger partial charge in [-0.05, 0) is 44.4 Å². The van der Waals surface area contributed by atoms with Crippen molar-refractivity contribution >= 4 is 5.97 Å². The SMILES string of the molecule is CCCCC[C@H]1OC[C@@](C#N)(C(=O)OC2CCC(CC)CC2)CO1. The van der Waals surface area contributed by atoms with Crippen molar-refractivity contribution < 1.29 is 19.0 Å². The lowest BCUT2D eigenvalue weighted by Crippen LogP contribution is -2.48. The minimum Gasteiger partial charge on any atom is -0.461 e. The first-order valence-electron chi connectivity index (χ1n) is 9.49. The van der Waals surface area contributed by atoms with Gasteiger partial charge in [0.25, 0.3) is 0 Å². The summed E-state index contributed by atoms with van der Waals surface area (Å²) in [5.41, 5.74) is -1.30. The Morgan fingerprint density at radius 1 is 1.17 bits per heavy atom. The van der Waals surface area contributed by atoms with Crippen molar-refractivity contribution in [3.05, 3.63) is 0 Å². The van der Waals surface area contributed by atoms with E-state index in [1.54, 1.807) is 0 Å². The summed E-state index contributed by atoms with van der Waals surface area (Å²) in [6.07, 6.45) is 8.93. The van der Waals surface area contributed by atoms with Crippen LogP contribution >= 0.6 is 0 Å². The van der Waals surface area contributed by atoms with Crippen LogP contribution in [0.2, 0.25) is 0 Å². The molecule has 2 fully saturated rings. The molecule has 1 heterocycles. The molecule has 0 atom stereocenters. The molecule has 0 amide bonds. The van der Waals surface area contributed by atoms with Crippen LogP contribution in [0.5, 0.6) is 0 Å². The molecule has 1 aliphatic heterocycles. The number of unbranched alkanes of at least 4 members (excludes halogenated alkanes) is 2. The van der Waals surface area contributed by atoms with Gasteiger partial charge in [0.2, 0.25) is 5.41 Å². The fourth-order valence-corrected chi connectivity index (χ4v) is 3.44. The largest absolute Gasteiger partial charge is 0.461 e. The Morgan fingerprint density at radius 2 is 1.83 bits per heavy atom. The van der Waals surface area contributed by atoms with Crippen molar-refractivity contribution in [2.45, 2.75) is 84.0 Å². The van der Waals surface area contributed by atoms with E-state index in [0.29, 0.717) is 0 Å². The van der Waals surface area contributed by atoms with Gasteiger partial charge in [0, 0.05) is 0 Å². The van der Waals surface area contributed by atoms with Crippen LogP contribution < -0.4 is 0 Å². The molecule has 24 heavy (non-hydrogen) atoms. The molecule has 0 aromatic heterocycles. The third-order valence-electron chi connectivity index (χ3n) is 5.32. The summed E-state index contributed by atoms with van der Waals surface area (Å²) in [5, 5.41) is 9.51. The third-order valence-corrected chi connectivity index (χ3v) is 5.32. The van der Waals surface area contributed by atoms with E-state index in [1.807, 2.05) is 0 Å². The van der Waals surface area contributed by atoms with E-state index in [1.165, 1.54) is 6.42 Å². The zero-order valence-corrected chi connectivity index (χ0v) is 15.1. The van der Waals surface area contributed by atoms with Crippen LogP contribution in [0.25, 0.3) is 0 Å². The molecule has 2 aliphatic rings. The summed E-state index contributed by atoms with van der Waals surface area (Å²) >= 11 is 0. The number of rotatable bonds is 7. The molecule has 1 saturated carbocycles. The van der Waals surface area contributed by atoms with Crippen molar-refractivity contribution in [2.75, 3.05) is 13.2 Å². The van der Waals surface area contributed by atoms with Crippen LogP contribution in [-0.2, 0) is 19.0 Å². The maximum Gasteiger partial charge on any atom is 0.331 e. The second-order valence-corrected chi connectivity index (χ2v) is 7.20. The summed E-state index contributed by atoms with van der Waals surface area (Å²) in [4.78, 5) is 12.5. The first kappa shape index (κ1) is 19.2. The van der Waals surface area contributed by atoms with Gasteiger partial charge in [-0.15, -0.1) is 0 Å². The topological polar surface area (TPSA) is 68.5 Å². The molecule has 0 aromatic rings. The van der Waals surface area contributed by atoms with E-state index in [0.717, 1.165) is 57.3 Å². The molecule has 1 aliphatic carbocycles. The Labute approximate surface area is 145 Å². The van der Waals surface area contributed by atoms with Gasteiger partial charge in [0.15, 0.2) is 6.29 Å². The molecule has 2 rings (SSSR count). The second kappa shape index (κ2) is 9.39. The molecule has 0 spiro atoms. The van der Waals surface area contributed by atoms with Gasteiger partial charge in [0.05, 0.1) is 19.3 Å². The highest BCUT2D eigenvalue weighted by Crippen LogP contribution is 2.32. The quantitative estimate of drug-likeness (QED) is 0.519. The van der Waals surface area contributed by atoms with Gasteiger partial charge >= 0.3 is 5.97 Å². The standard InChI is InChI=1S/C19H31NO4/c1-3-5-6-7-17-22-13-19(12-20,14-23-17)18(21)24-16-10-8-15(4-2)9-11-16/h15-17H,3-11,13-14H2,1-2H3/t15?,16?,17-,19+. The monoisotopic (exact) mass is 337 g/mol. The number of esters is 1. The van der Waals surface area contributed by atoms with E-state index in [4.69, 9.17) is 14.2 Å². The number of nitriles is 1.